The average molecular weight is 254 g/mol. The molecule has 0 heterocycles. The molecule has 1 aliphatic rings. The Kier molecular flexibility index (Phi) is 4.18. The van der Waals surface area contributed by atoms with Crippen molar-refractivity contribution < 1.29 is 4.43 Å². The zero-order chi connectivity index (χ0) is 13.3. The van der Waals surface area contributed by atoms with Crippen molar-refractivity contribution in [3.8, 4) is 0 Å². The van der Waals surface area contributed by atoms with Gasteiger partial charge in [-0.2, -0.15) is 0 Å². The van der Waals surface area contributed by atoms with Crippen LogP contribution in [0.4, 0.5) is 0 Å². The predicted molar refractivity (Wildman–Crippen MR) is 78.5 cm³/mol. The van der Waals surface area contributed by atoms with Gasteiger partial charge in [0.25, 0.3) is 0 Å². The molecule has 0 bridgehead atoms. The number of hydrogen-bond donors (Lipinski definition) is 0. The lowest BCUT2D eigenvalue weighted by Crippen LogP contribution is -2.35. The van der Waals surface area contributed by atoms with E-state index in [1.54, 1.807) is 0 Å². The maximum atomic E-state index is 6.34. The van der Waals surface area contributed by atoms with Crippen LogP contribution in [0.15, 0.2) is 11.8 Å². The molecule has 1 rings (SSSR count). The summed E-state index contributed by atoms with van der Waals surface area (Å²) < 4.78 is 6.34. The van der Waals surface area contributed by atoms with Crippen molar-refractivity contribution in [1.29, 1.82) is 0 Å². The topological polar surface area (TPSA) is 9.23 Å². The summed E-state index contributed by atoms with van der Waals surface area (Å²) in [4.78, 5) is 0. The maximum absolute atomic E-state index is 6.34. The molecule has 0 aromatic rings. The molecular formula is C15H30OSi. The molecule has 0 N–H and O–H groups in total. The highest BCUT2D eigenvalue weighted by atomic mass is 28.4. The molecule has 0 aromatic heterocycles. The van der Waals surface area contributed by atoms with Gasteiger partial charge in [-0.3, -0.25) is 0 Å². The summed E-state index contributed by atoms with van der Waals surface area (Å²) in [5.41, 5.74) is 0.590. The van der Waals surface area contributed by atoms with Crippen LogP contribution in [0.1, 0.15) is 53.4 Å². The summed E-state index contributed by atoms with van der Waals surface area (Å²) in [6, 6.07) is 0. The largest absolute Gasteiger partial charge is 0.547 e. The van der Waals surface area contributed by atoms with E-state index < -0.39 is 8.32 Å². The Morgan fingerprint density at radius 1 is 1.18 bits per heavy atom. The second-order valence-electron chi connectivity index (χ2n) is 7.51. The van der Waals surface area contributed by atoms with E-state index in [1.165, 1.54) is 31.4 Å². The van der Waals surface area contributed by atoms with Crippen LogP contribution in [0.25, 0.3) is 0 Å². The highest BCUT2D eigenvalue weighted by Gasteiger charge is 2.37. The van der Waals surface area contributed by atoms with Crippen LogP contribution >= 0.6 is 0 Å². The second kappa shape index (κ2) is 4.79. The molecule has 0 saturated carbocycles. The fraction of sp³-hybridized carbons (Fsp3) is 0.867. The molecule has 0 aromatic carbocycles. The minimum absolute atomic E-state index is 0.230. The van der Waals surface area contributed by atoms with Crippen LogP contribution < -0.4 is 0 Å². The SMILES string of the molecule is CCCC1(C)C=C(O[Si](C)(C)C)C(C)(C)CC1. The minimum atomic E-state index is -1.49. The van der Waals surface area contributed by atoms with Gasteiger partial charge in [-0.05, 0) is 50.4 Å². The Morgan fingerprint density at radius 2 is 1.76 bits per heavy atom. The Labute approximate surface area is 109 Å². The van der Waals surface area contributed by atoms with Crippen molar-refractivity contribution in [3.05, 3.63) is 11.8 Å². The van der Waals surface area contributed by atoms with Gasteiger partial charge in [0.05, 0.1) is 5.76 Å². The van der Waals surface area contributed by atoms with E-state index in [1.807, 2.05) is 0 Å². The molecule has 0 saturated heterocycles. The van der Waals surface area contributed by atoms with Gasteiger partial charge >= 0.3 is 0 Å². The van der Waals surface area contributed by atoms with Gasteiger partial charge in [-0.25, -0.2) is 0 Å². The van der Waals surface area contributed by atoms with Gasteiger partial charge in [-0.1, -0.05) is 34.1 Å². The molecule has 0 spiro atoms. The fourth-order valence-electron chi connectivity index (χ4n) is 2.57. The van der Waals surface area contributed by atoms with E-state index in [2.05, 4.69) is 53.4 Å². The molecule has 1 aliphatic carbocycles. The predicted octanol–water partition coefficient (Wildman–Crippen LogP) is 5.35. The minimum Gasteiger partial charge on any atom is -0.547 e. The van der Waals surface area contributed by atoms with E-state index in [0.29, 0.717) is 5.41 Å². The second-order valence-corrected chi connectivity index (χ2v) is 11.9. The lowest BCUT2D eigenvalue weighted by Gasteiger charge is -2.42. The summed E-state index contributed by atoms with van der Waals surface area (Å²) in [5.74, 6) is 1.26. The number of rotatable bonds is 4. The highest BCUT2D eigenvalue weighted by Crippen LogP contribution is 2.47. The first kappa shape index (κ1) is 14.8. The normalized spacial score (nSPS) is 28.8. The Balaban J connectivity index is 2.97. The Hall–Kier alpha value is -0.243. The lowest BCUT2D eigenvalue weighted by atomic mass is 9.68. The van der Waals surface area contributed by atoms with Crippen LogP contribution in [0, 0.1) is 10.8 Å². The molecule has 1 unspecified atom stereocenters. The van der Waals surface area contributed by atoms with Crippen LogP contribution in [0.2, 0.25) is 19.6 Å². The first-order chi connectivity index (χ1) is 7.58. The van der Waals surface area contributed by atoms with E-state index in [0.717, 1.165) is 0 Å². The average Bonchev–Trinajstić information content (AvgIpc) is 2.11. The molecule has 0 radical (unpaired) electrons. The molecule has 1 nitrogen and oxygen atoms in total. The van der Waals surface area contributed by atoms with Crippen molar-refractivity contribution in [2.75, 3.05) is 0 Å². The summed E-state index contributed by atoms with van der Waals surface area (Å²) in [5, 5.41) is 0. The fourth-order valence-corrected chi connectivity index (χ4v) is 3.57. The van der Waals surface area contributed by atoms with Gasteiger partial charge in [0.1, 0.15) is 0 Å². The van der Waals surface area contributed by atoms with Crippen LogP contribution in [0.3, 0.4) is 0 Å². The third-order valence-electron chi connectivity index (χ3n) is 3.70. The first-order valence-corrected chi connectivity index (χ1v) is 10.4. The molecular weight excluding hydrogens is 224 g/mol. The van der Waals surface area contributed by atoms with Gasteiger partial charge in [-0.15, -0.1) is 0 Å². The van der Waals surface area contributed by atoms with Crippen molar-refractivity contribution in [2.24, 2.45) is 10.8 Å². The standard InChI is InChI=1S/C15H30OSi/c1-8-9-15(4)11-10-14(2,3)13(12-15)16-17(5,6)7/h12H,8-11H2,1-7H3. The van der Waals surface area contributed by atoms with Crippen LogP contribution in [0.5, 0.6) is 0 Å². The van der Waals surface area contributed by atoms with Crippen LogP contribution in [-0.4, -0.2) is 8.32 Å². The summed E-state index contributed by atoms with van der Waals surface area (Å²) in [6.45, 7) is 16.1. The van der Waals surface area contributed by atoms with E-state index in [9.17, 15) is 0 Å². The lowest BCUT2D eigenvalue weighted by molar-refractivity contribution is 0.177. The monoisotopic (exact) mass is 254 g/mol. The summed E-state index contributed by atoms with van der Waals surface area (Å²) in [7, 11) is -1.49. The summed E-state index contributed by atoms with van der Waals surface area (Å²) >= 11 is 0. The molecule has 0 fully saturated rings. The van der Waals surface area contributed by atoms with Gasteiger partial charge in [0.2, 0.25) is 8.32 Å². The van der Waals surface area contributed by atoms with Crippen molar-refractivity contribution in [1.82, 2.24) is 0 Å². The Bertz CT molecular complexity index is 299. The van der Waals surface area contributed by atoms with Crippen molar-refractivity contribution >= 4 is 8.32 Å². The molecule has 2 heteroatoms. The zero-order valence-corrected chi connectivity index (χ0v) is 13.8. The summed E-state index contributed by atoms with van der Waals surface area (Å²) in [6.07, 6.45) is 7.53. The van der Waals surface area contributed by atoms with Gasteiger partial charge < -0.3 is 4.43 Å². The molecule has 0 aliphatic heterocycles. The van der Waals surface area contributed by atoms with E-state index in [4.69, 9.17) is 4.43 Å². The third-order valence-corrected chi connectivity index (χ3v) is 4.54. The van der Waals surface area contributed by atoms with Crippen LogP contribution in [-0.2, 0) is 4.43 Å². The van der Waals surface area contributed by atoms with E-state index >= 15 is 0 Å². The highest BCUT2D eigenvalue weighted by molar-refractivity contribution is 6.70. The van der Waals surface area contributed by atoms with Gasteiger partial charge in [0, 0.05) is 5.41 Å². The molecule has 100 valence electrons. The molecule has 0 amide bonds. The third kappa shape index (κ3) is 4.17. The Morgan fingerprint density at radius 3 is 2.24 bits per heavy atom. The van der Waals surface area contributed by atoms with Crippen molar-refractivity contribution in [2.45, 2.75) is 73.0 Å². The van der Waals surface area contributed by atoms with E-state index in [-0.39, 0.29) is 5.41 Å². The smallest absolute Gasteiger partial charge is 0.241 e. The zero-order valence-electron chi connectivity index (χ0n) is 12.8. The van der Waals surface area contributed by atoms with Crippen molar-refractivity contribution in [3.63, 3.8) is 0 Å². The molecule has 17 heavy (non-hydrogen) atoms. The van der Waals surface area contributed by atoms with Gasteiger partial charge in [0.15, 0.2) is 0 Å². The number of hydrogen-bond acceptors (Lipinski definition) is 1. The quantitative estimate of drug-likeness (QED) is 0.615. The maximum Gasteiger partial charge on any atom is 0.241 e. The first-order valence-electron chi connectivity index (χ1n) is 7.00. The molecule has 1 atom stereocenters. The number of allylic oxidation sites excluding steroid dienone is 2.